The van der Waals surface area contributed by atoms with Crippen molar-refractivity contribution in [3.8, 4) is 0 Å². The summed E-state index contributed by atoms with van der Waals surface area (Å²) in [6, 6.07) is 16.3. The van der Waals surface area contributed by atoms with Gasteiger partial charge >= 0.3 is 0 Å². The quantitative estimate of drug-likeness (QED) is 0.870. The summed E-state index contributed by atoms with van der Waals surface area (Å²) in [4.78, 5) is 16.9. The van der Waals surface area contributed by atoms with Gasteiger partial charge in [-0.1, -0.05) is 25.1 Å². The fraction of sp³-hybridized carbons (Fsp3) is 0.316. The number of nitrogens with zero attached hydrogens (tertiary/aromatic N) is 2. The van der Waals surface area contributed by atoms with Crippen molar-refractivity contribution in [2.24, 2.45) is 0 Å². The van der Waals surface area contributed by atoms with Gasteiger partial charge < -0.3 is 9.80 Å². The highest BCUT2D eigenvalue weighted by atomic mass is 32.2. The van der Waals surface area contributed by atoms with Crippen molar-refractivity contribution < 1.29 is 13.2 Å². The molecule has 0 saturated carbocycles. The van der Waals surface area contributed by atoms with E-state index in [-0.39, 0.29) is 10.8 Å². The van der Waals surface area contributed by atoms with Crippen molar-refractivity contribution in [3.05, 3.63) is 60.2 Å². The van der Waals surface area contributed by atoms with E-state index in [9.17, 15) is 13.2 Å². The Morgan fingerprint density at radius 2 is 1.58 bits per heavy atom. The number of sulfonamides is 1. The molecule has 1 heterocycles. The zero-order chi connectivity index (χ0) is 18.6. The smallest absolute Gasteiger partial charge is 0.253 e. The number of piperazine rings is 1. The molecule has 0 unspecified atom stereocenters. The molecule has 0 spiro atoms. The van der Waals surface area contributed by atoms with E-state index in [0.717, 1.165) is 18.8 Å². The number of hydrogen-bond acceptors (Lipinski definition) is 4. The molecule has 7 heteroatoms. The van der Waals surface area contributed by atoms with Gasteiger partial charge in [0.2, 0.25) is 10.0 Å². The lowest BCUT2D eigenvalue weighted by Crippen LogP contribution is -2.48. The van der Waals surface area contributed by atoms with Crippen LogP contribution in [0.25, 0.3) is 0 Å². The summed E-state index contributed by atoms with van der Waals surface area (Å²) in [5.74, 6) is -0.0647. The van der Waals surface area contributed by atoms with Gasteiger partial charge in [0.05, 0.1) is 4.90 Å². The van der Waals surface area contributed by atoms with Crippen molar-refractivity contribution in [2.45, 2.75) is 11.8 Å². The molecular formula is C19H23N3O3S. The van der Waals surface area contributed by atoms with E-state index in [1.807, 2.05) is 23.1 Å². The van der Waals surface area contributed by atoms with E-state index < -0.39 is 10.0 Å². The second-order valence-electron chi connectivity index (χ2n) is 6.14. The second-order valence-corrected chi connectivity index (χ2v) is 7.91. The first-order valence-corrected chi connectivity index (χ1v) is 10.2. The van der Waals surface area contributed by atoms with Crippen LogP contribution < -0.4 is 9.62 Å². The number of hydrogen-bond donors (Lipinski definition) is 1. The molecule has 1 N–H and O–H groups in total. The summed E-state index contributed by atoms with van der Waals surface area (Å²) in [6.45, 7) is 4.90. The van der Waals surface area contributed by atoms with Gasteiger partial charge in [-0.15, -0.1) is 0 Å². The molecule has 0 bridgehead atoms. The predicted molar refractivity (Wildman–Crippen MR) is 102 cm³/mol. The zero-order valence-corrected chi connectivity index (χ0v) is 15.6. The third-order valence-corrected chi connectivity index (χ3v) is 6.00. The summed E-state index contributed by atoms with van der Waals surface area (Å²) in [7, 11) is -3.50. The topological polar surface area (TPSA) is 69.7 Å². The molecule has 1 fully saturated rings. The third-order valence-electron chi connectivity index (χ3n) is 4.43. The monoisotopic (exact) mass is 373 g/mol. The van der Waals surface area contributed by atoms with Crippen LogP contribution in [0.3, 0.4) is 0 Å². The molecule has 6 nitrogen and oxygen atoms in total. The summed E-state index contributed by atoms with van der Waals surface area (Å²) < 4.78 is 26.4. The number of amides is 1. The number of anilines is 1. The number of para-hydroxylation sites is 1. The molecule has 1 saturated heterocycles. The molecule has 0 radical (unpaired) electrons. The Bertz CT molecular complexity index is 843. The SMILES string of the molecule is CCNS(=O)(=O)c1ccc(C(=O)N2CCN(c3ccccc3)CC2)cc1. The summed E-state index contributed by atoms with van der Waals surface area (Å²) >= 11 is 0. The van der Waals surface area contributed by atoms with E-state index in [1.54, 1.807) is 19.1 Å². The van der Waals surface area contributed by atoms with Gasteiger partial charge in [-0.05, 0) is 36.4 Å². The third kappa shape index (κ3) is 4.05. The molecule has 0 aromatic heterocycles. The Morgan fingerprint density at radius 1 is 0.962 bits per heavy atom. The molecule has 0 aliphatic carbocycles. The fourth-order valence-corrected chi connectivity index (χ4v) is 4.08. The lowest BCUT2D eigenvalue weighted by Gasteiger charge is -2.36. The van der Waals surface area contributed by atoms with Gasteiger partial charge in [-0.3, -0.25) is 4.79 Å². The van der Waals surface area contributed by atoms with Gasteiger partial charge in [0, 0.05) is 44.0 Å². The van der Waals surface area contributed by atoms with Crippen molar-refractivity contribution in [2.75, 3.05) is 37.6 Å². The van der Waals surface area contributed by atoms with Crippen LogP contribution in [-0.4, -0.2) is 51.9 Å². The summed E-state index contributed by atoms with van der Waals surface area (Å²) in [5, 5.41) is 0. The molecule has 26 heavy (non-hydrogen) atoms. The van der Waals surface area contributed by atoms with E-state index in [4.69, 9.17) is 0 Å². The van der Waals surface area contributed by atoms with Crippen LogP contribution in [0, 0.1) is 0 Å². The molecule has 2 aromatic carbocycles. The van der Waals surface area contributed by atoms with Crippen molar-refractivity contribution in [1.82, 2.24) is 9.62 Å². The molecule has 1 aliphatic heterocycles. The molecule has 138 valence electrons. The maximum absolute atomic E-state index is 12.7. The minimum atomic E-state index is -3.50. The number of rotatable bonds is 5. The van der Waals surface area contributed by atoms with Crippen LogP contribution >= 0.6 is 0 Å². The summed E-state index contributed by atoms with van der Waals surface area (Å²) in [6.07, 6.45) is 0. The summed E-state index contributed by atoms with van der Waals surface area (Å²) in [5.41, 5.74) is 1.67. The molecule has 2 aromatic rings. The van der Waals surface area contributed by atoms with E-state index in [1.165, 1.54) is 12.1 Å². The zero-order valence-electron chi connectivity index (χ0n) is 14.8. The molecule has 1 aliphatic rings. The van der Waals surface area contributed by atoms with Crippen LogP contribution in [0.2, 0.25) is 0 Å². The predicted octanol–water partition coefficient (Wildman–Crippen LogP) is 1.95. The van der Waals surface area contributed by atoms with Gasteiger partial charge in [-0.25, -0.2) is 13.1 Å². The Morgan fingerprint density at radius 3 is 2.15 bits per heavy atom. The van der Waals surface area contributed by atoms with E-state index in [0.29, 0.717) is 25.2 Å². The normalized spacial score (nSPS) is 15.1. The fourth-order valence-electron chi connectivity index (χ4n) is 3.04. The molecule has 3 rings (SSSR count). The Kier molecular flexibility index (Phi) is 5.58. The minimum Gasteiger partial charge on any atom is -0.368 e. The maximum Gasteiger partial charge on any atom is 0.253 e. The van der Waals surface area contributed by atoms with Gasteiger partial charge in [0.25, 0.3) is 5.91 Å². The average Bonchev–Trinajstić information content (AvgIpc) is 2.68. The lowest BCUT2D eigenvalue weighted by atomic mass is 10.1. The molecule has 0 atom stereocenters. The number of benzene rings is 2. The Balaban J connectivity index is 1.64. The molecule has 1 amide bonds. The van der Waals surface area contributed by atoms with Crippen LogP contribution in [-0.2, 0) is 10.0 Å². The van der Waals surface area contributed by atoms with Crippen LogP contribution in [0.1, 0.15) is 17.3 Å². The van der Waals surface area contributed by atoms with Crippen molar-refractivity contribution >= 4 is 21.6 Å². The van der Waals surface area contributed by atoms with Crippen molar-refractivity contribution in [1.29, 1.82) is 0 Å². The number of carbonyl (C=O) groups excluding carboxylic acids is 1. The van der Waals surface area contributed by atoms with Crippen LogP contribution in [0.5, 0.6) is 0 Å². The maximum atomic E-state index is 12.7. The highest BCUT2D eigenvalue weighted by Gasteiger charge is 2.22. The number of carbonyl (C=O) groups is 1. The van der Waals surface area contributed by atoms with Crippen LogP contribution in [0.15, 0.2) is 59.5 Å². The highest BCUT2D eigenvalue weighted by Crippen LogP contribution is 2.17. The standard InChI is InChI=1S/C19H23N3O3S/c1-2-20-26(24,25)18-10-8-16(9-11-18)19(23)22-14-12-21(13-15-22)17-6-4-3-5-7-17/h3-11,20H,2,12-15H2,1H3. The highest BCUT2D eigenvalue weighted by molar-refractivity contribution is 7.89. The van der Waals surface area contributed by atoms with Gasteiger partial charge in [-0.2, -0.15) is 0 Å². The average molecular weight is 373 g/mol. The Labute approximate surface area is 154 Å². The first-order valence-electron chi connectivity index (χ1n) is 8.70. The molecular weight excluding hydrogens is 350 g/mol. The first-order chi connectivity index (χ1) is 12.5. The van der Waals surface area contributed by atoms with E-state index in [2.05, 4.69) is 21.8 Å². The van der Waals surface area contributed by atoms with Gasteiger partial charge in [0.1, 0.15) is 0 Å². The minimum absolute atomic E-state index is 0.0647. The largest absolute Gasteiger partial charge is 0.368 e. The van der Waals surface area contributed by atoms with Gasteiger partial charge in [0.15, 0.2) is 0 Å². The van der Waals surface area contributed by atoms with E-state index >= 15 is 0 Å². The Hall–Kier alpha value is -2.38. The number of nitrogens with one attached hydrogen (secondary N) is 1. The second kappa shape index (κ2) is 7.88. The van der Waals surface area contributed by atoms with Crippen molar-refractivity contribution in [3.63, 3.8) is 0 Å². The lowest BCUT2D eigenvalue weighted by molar-refractivity contribution is 0.0746. The van der Waals surface area contributed by atoms with Crippen LogP contribution in [0.4, 0.5) is 5.69 Å². The first kappa shape index (κ1) is 18.4.